The van der Waals surface area contributed by atoms with Crippen LogP contribution in [-0.4, -0.2) is 18.4 Å². The van der Waals surface area contributed by atoms with Crippen molar-refractivity contribution in [1.82, 2.24) is 5.32 Å². The topological polar surface area (TPSA) is 29.1 Å². The van der Waals surface area contributed by atoms with Gasteiger partial charge in [-0.1, -0.05) is 30.8 Å². The summed E-state index contributed by atoms with van der Waals surface area (Å²) in [6, 6.07) is 15.1. The normalized spacial score (nSPS) is 23.8. The van der Waals surface area contributed by atoms with Crippen molar-refractivity contribution in [3.63, 3.8) is 0 Å². The van der Waals surface area contributed by atoms with Gasteiger partial charge in [-0.3, -0.25) is 4.79 Å². The Morgan fingerprint density at radius 1 is 1.11 bits per heavy atom. The Morgan fingerprint density at radius 2 is 1.82 bits per heavy atom. The molecule has 146 valence electrons. The monoisotopic (exact) mass is 377 g/mol. The molecule has 2 aromatic carbocycles. The Bertz CT molecular complexity index is 862. The fourth-order valence-corrected chi connectivity index (χ4v) is 4.91. The highest BCUT2D eigenvalue weighted by molar-refractivity contribution is 5.95. The number of Topliss-reactive ketones (excluding diaryl/α,β-unsaturated/α-hetero) is 1. The van der Waals surface area contributed by atoms with Crippen LogP contribution < -0.4 is 5.32 Å². The summed E-state index contributed by atoms with van der Waals surface area (Å²) in [5, 5.41) is 3.64. The van der Waals surface area contributed by atoms with E-state index in [0.29, 0.717) is 18.0 Å². The van der Waals surface area contributed by atoms with Crippen molar-refractivity contribution in [2.75, 3.05) is 6.54 Å². The van der Waals surface area contributed by atoms with Gasteiger partial charge in [0.25, 0.3) is 0 Å². The van der Waals surface area contributed by atoms with Crippen molar-refractivity contribution in [2.45, 2.75) is 51.0 Å². The second-order valence-electron chi connectivity index (χ2n) is 8.35. The number of carbonyl (C=O) groups excluding carboxylic acids is 1. The van der Waals surface area contributed by atoms with E-state index in [1.54, 1.807) is 12.1 Å². The number of fused-ring (bicyclic) bond motifs is 1. The van der Waals surface area contributed by atoms with Crippen LogP contribution in [0.3, 0.4) is 0 Å². The first-order valence-electron chi connectivity index (χ1n) is 10.4. The Labute approximate surface area is 166 Å². The second kappa shape index (κ2) is 8.00. The smallest absolute Gasteiger partial charge is 0.162 e. The van der Waals surface area contributed by atoms with Crippen LogP contribution in [0.2, 0.25) is 0 Å². The van der Waals surface area contributed by atoms with E-state index in [-0.39, 0.29) is 17.0 Å². The molecule has 28 heavy (non-hydrogen) atoms. The lowest BCUT2D eigenvalue weighted by Gasteiger charge is -2.38. The van der Waals surface area contributed by atoms with Gasteiger partial charge >= 0.3 is 0 Å². The molecule has 0 saturated heterocycles. The van der Waals surface area contributed by atoms with Gasteiger partial charge in [0.05, 0.1) is 0 Å². The van der Waals surface area contributed by atoms with Crippen LogP contribution in [0.15, 0.2) is 55.1 Å². The molecule has 2 aliphatic rings. The van der Waals surface area contributed by atoms with Gasteiger partial charge in [0.2, 0.25) is 0 Å². The molecule has 0 amide bonds. The maximum Gasteiger partial charge on any atom is 0.162 e. The Morgan fingerprint density at radius 3 is 2.54 bits per heavy atom. The molecular formula is C25H28FNO. The molecule has 0 aromatic heterocycles. The van der Waals surface area contributed by atoms with Crippen LogP contribution in [0.25, 0.3) is 5.57 Å². The van der Waals surface area contributed by atoms with Crippen LogP contribution in [0.1, 0.15) is 60.0 Å². The number of allylic oxidation sites excluding steroid dienone is 1. The van der Waals surface area contributed by atoms with Crippen molar-refractivity contribution < 1.29 is 9.18 Å². The van der Waals surface area contributed by atoms with Crippen LogP contribution >= 0.6 is 0 Å². The van der Waals surface area contributed by atoms with Crippen molar-refractivity contribution in [1.29, 1.82) is 0 Å². The minimum atomic E-state index is -0.304. The standard InChI is InChI=1S/C25H28FNO/c1-18-23-6-3-2-5-20(23)17-25(18)14-12-22(13-15-25)27-16-4-7-24(28)19-8-10-21(26)11-9-19/h2-3,5-6,8-11,22,27H,1,4,7,12-17H2. The number of hydrogen-bond acceptors (Lipinski definition) is 2. The molecule has 0 atom stereocenters. The first-order valence-corrected chi connectivity index (χ1v) is 10.4. The molecule has 1 N–H and O–H groups in total. The number of benzene rings is 2. The van der Waals surface area contributed by atoms with Crippen LogP contribution in [0.5, 0.6) is 0 Å². The molecule has 1 spiro atoms. The van der Waals surface area contributed by atoms with Gasteiger partial charge < -0.3 is 5.32 Å². The maximum atomic E-state index is 12.9. The maximum absolute atomic E-state index is 12.9. The SMILES string of the molecule is C=C1c2ccccc2CC12CCC(NCCCC(=O)c1ccc(F)cc1)CC2. The molecule has 0 aliphatic heterocycles. The zero-order valence-electron chi connectivity index (χ0n) is 16.3. The van der Waals surface area contributed by atoms with Crippen molar-refractivity contribution in [3.05, 3.63) is 77.6 Å². The van der Waals surface area contributed by atoms with Gasteiger partial charge in [0.1, 0.15) is 5.82 Å². The van der Waals surface area contributed by atoms with E-state index < -0.39 is 0 Å². The van der Waals surface area contributed by atoms with Gasteiger partial charge in [0.15, 0.2) is 5.78 Å². The highest BCUT2D eigenvalue weighted by Gasteiger charge is 2.42. The molecule has 2 nitrogen and oxygen atoms in total. The molecule has 0 radical (unpaired) electrons. The van der Waals surface area contributed by atoms with Crippen LogP contribution in [0, 0.1) is 11.2 Å². The quantitative estimate of drug-likeness (QED) is 0.526. The fourth-order valence-electron chi connectivity index (χ4n) is 4.91. The Balaban J connectivity index is 1.21. The van der Waals surface area contributed by atoms with Gasteiger partial charge in [-0.25, -0.2) is 4.39 Å². The molecule has 2 aliphatic carbocycles. The average Bonchev–Trinajstić information content (AvgIpc) is 2.99. The summed E-state index contributed by atoms with van der Waals surface area (Å²) in [5.74, 6) is -0.217. The summed E-state index contributed by atoms with van der Waals surface area (Å²) in [4.78, 5) is 12.2. The van der Waals surface area contributed by atoms with E-state index in [1.165, 1.54) is 54.5 Å². The summed E-state index contributed by atoms with van der Waals surface area (Å²) >= 11 is 0. The summed E-state index contributed by atoms with van der Waals surface area (Å²) in [6.45, 7) is 5.30. The largest absolute Gasteiger partial charge is 0.314 e. The lowest BCUT2D eigenvalue weighted by Crippen LogP contribution is -2.38. The van der Waals surface area contributed by atoms with Crippen LogP contribution in [-0.2, 0) is 6.42 Å². The van der Waals surface area contributed by atoms with Crippen LogP contribution in [0.4, 0.5) is 4.39 Å². The second-order valence-corrected chi connectivity index (χ2v) is 8.35. The molecule has 0 heterocycles. The van der Waals surface area contributed by atoms with Crippen molar-refractivity contribution in [2.24, 2.45) is 5.41 Å². The first-order chi connectivity index (χ1) is 13.6. The molecule has 1 fully saturated rings. The zero-order chi connectivity index (χ0) is 19.6. The summed E-state index contributed by atoms with van der Waals surface area (Å²) in [6.07, 6.45) is 7.16. The number of nitrogens with one attached hydrogen (secondary N) is 1. The summed E-state index contributed by atoms with van der Waals surface area (Å²) in [5.41, 5.74) is 5.03. The Hall–Kier alpha value is -2.26. The van der Waals surface area contributed by atoms with Gasteiger partial charge in [-0.15, -0.1) is 0 Å². The number of ketones is 1. The molecule has 2 aromatic rings. The molecule has 4 rings (SSSR count). The van der Waals surface area contributed by atoms with E-state index in [1.807, 2.05) is 0 Å². The number of hydrogen-bond donors (Lipinski definition) is 1. The molecule has 0 bridgehead atoms. The minimum absolute atomic E-state index is 0.0874. The van der Waals surface area contributed by atoms with Gasteiger partial charge in [-0.2, -0.15) is 0 Å². The summed E-state index contributed by atoms with van der Waals surface area (Å²) in [7, 11) is 0. The van der Waals surface area contributed by atoms with Gasteiger partial charge in [-0.05, 0) is 91.5 Å². The fraction of sp³-hybridized carbons (Fsp3) is 0.400. The van der Waals surface area contributed by atoms with Gasteiger partial charge in [0, 0.05) is 18.0 Å². The third-order valence-corrected chi connectivity index (χ3v) is 6.63. The van der Waals surface area contributed by atoms with E-state index in [2.05, 4.69) is 36.2 Å². The molecular weight excluding hydrogens is 349 g/mol. The third kappa shape index (κ3) is 3.81. The summed E-state index contributed by atoms with van der Waals surface area (Å²) < 4.78 is 12.9. The molecule has 0 unspecified atom stereocenters. The lowest BCUT2D eigenvalue weighted by atomic mass is 9.68. The predicted octanol–water partition coefficient (Wildman–Crippen LogP) is 5.58. The molecule has 1 saturated carbocycles. The third-order valence-electron chi connectivity index (χ3n) is 6.63. The highest BCUT2D eigenvalue weighted by Crippen LogP contribution is 2.53. The van der Waals surface area contributed by atoms with Crippen molar-refractivity contribution >= 4 is 11.4 Å². The Kier molecular flexibility index (Phi) is 5.45. The highest BCUT2D eigenvalue weighted by atomic mass is 19.1. The first kappa shape index (κ1) is 19.1. The number of halogens is 1. The lowest BCUT2D eigenvalue weighted by molar-refractivity contribution is 0.0979. The van der Waals surface area contributed by atoms with E-state index in [9.17, 15) is 9.18 Å². The average molecular weight is 378 g/mol. The number of rotatable bonds is 6. The van der Waals surface area contributed by atoms with E-state index in [4.69, 9.17) is 0 Å². The van der Waals surface area contributed by atoms with Crippen molar-refractivity contribution in [3.8, 4) is 0 Å². The number of carbonyl (C=O) groups is 1. The zero-order valence-corrected chi connectivity index (χ0v) is 16.3. The molecule has 3 heteroatoms. The minimum Gasteiger partial charge on any atom is -0.314 e. The predicted molar refractivity (Wildman–Crippen MR) is 112 cm³/mol. The van der Waals surface area contributed by atoms with E-state index >= 15 is 0 Å². The van der Waals surface area contributed by atoms with E-state index in [0.717, 1.165) is 19.4 Å².